The average Bonchev–Trinajstić information content (AvgIpc) is 2.74. The van der Waals surface area contributed by atoms with E-state index in [1.54, 1.807) is 36.4 Å². The molecule has 0 heterocycles. The summed E-state index contributed by atoms with van der Waals surface area (Å²) in [4.78, 5) is 36.8. The van der Waals surface area contributed by atoms with E-state index in [1.807, 2.05) is 26.0 Å². The van der Waals surface area contributed by atoms with Crippen LogP contribution in [0.3, 0.4) is 0 Å². The highest BCUT2D eigenvalue weighted by molar-refractivity contribution is 5.96. The summed E-state index contributed by atoms with van der Waals surface area (Å²) in [5, 5.41) is 2.78. The van der Waals surface area contributed by atoms with E-state index < -0.39 is 18.0 Å². The van der Waals surface area contributed by atoms with Crippen LogP contribution in [0.1, 0.15) is 66.5 Å². The quantitative estimate of drug-likeness (QED) is 0.670. The van der Waals surface area contributed by atoms with Crippen molar-refractivity contribution in [2.75, 3.05) is 7.11 Å². The number of esters is 2. The lowest BCUT2D eigenvalue weighted by molar-refractivity contribution is -0.148. The van der Waals surface area contributed by atoms with Crippen LogP contribution >= 0.6 is 0 Å². The lowest BCUT2D eigenvalue weighted by Crippen LogP contribution is -2.45. The first kappa shape index (κ1) is 24.1. The Hall–Kier alpha value is -3.15. The molecule has 6 nitrogen and oxygen atoms in total. The SMILES string of the molecule is COC(=O)c1ccc(COC(=O)[C@@H](NC(=O)c2ccc(C(C)(C)C)cc2)C(C)C)cc1. The highest BCUT2D eigenvalue weighted by atomic mass is 16.5. The van der Waals surface area contributed by atoms with E-state index in [1.165, 1.54) is 7.11 Å². The summed E-state index contributed by atoms with van der Waals surface area (Å²) in [6.07, 6.45) is 0. The maximum atomic E-state index is 12.7. The van der Waals surface area contributed by atoms with Gasteiger partial charge in [0.25, 0.3) is 5.91 Å². The van der Waals surface area contributed by atoms with Gasteiger partial charge < -0.3 is 14.8 Å². The average molecular weight is 426 g/mol. The molecule has 0 unspecified atom stereocenters. The number of methoxy groups -OCH3 is 1. The summed E-state index contributed by atoms with van der Waals surface area (Å²) >= 11 is 0. The molecule has 0 aliphatic carbocycles. The third kappa shape index (κ3) is 6.67. The molecule has 31 heavy (non-hydrogen) atoms. The molecule has 0 aliphatic rings. The van der Waals surface area contributed by atoms with Gasteiger partial charge in [-0.25, -0.2) is 9.59 Å². The van der Waals surface area contributed by atoms with Crippen LogP contribution in [0.2, 0.25) is 0 Å². The van der Waals surface area contributed by atoms with Crippen LogP contribution in [-0.4, -0.2) is 31.0 Å². The molecular formula is C25H31NO5. The van der Waals surface area contributed by atoms with E-state index in [2.05, 4.69) is 30.8 Å². The van der Waals surface area contributed by atoms with Crippen LogP contribution in [0.15, 0.2) is 48.5 Å². The van der Waals surface area contributed by atoms with Crippen molar-refractivity contribution in [1.29, 1.82) is 0 Å². The Morgan fingerprint density at radius 3 is 1.94 bits per heavy atom. The third-order valence-corrected chi connectivity index (χ3v) is 4.98. The molecule has 0 saturated heterocycles. The molecule has 1 amide bonds. The Balaban J connectivity index is 2.00. The third-order valence-electron chi connectivity index (χ3n) is 4.98. The fraction of sp³-hybridized carbons (Fsp3) is 0.400. The van der Waals surface area contributed by atoms with Crippen molar-refractivity contribution < 1.29 is 23.9 Å². The van der Waals surface area contributed by atoms with Gasteiger partial charge in [-0.1, -0.05) is 58.9 Å². The number of rotatable bonds is 7. The van der Waals surface area contributed by atoms with Gasteiger partial charge in [-0.05, 0) is 46.7 Å². The standard InChI is InChI=1S/C25H31NO5/c1-16(2)21(26-22(27)18-11-13-20(14-12-18)25(3,4)5)24(29)31-15-17-7-9-19(10-8-17)23(28)30-6/h7-14,16,21H,15H2,1-6H3,(H,26,27)/t21-/m0/s1. The van der Waals surface area contributed by atoms with Crippen molar-refractivity contribution in [2.24, 2.45) is 5.92 Å². The monoisotopic (exact) mass is 425 g/mol. The van der Waals surface area contributed by atoms with Gasteiger partial charge in [-0.3, -0.25) is 4.79 Å². The number of carbonyl (C=O) groups is 3. The maximum absolute atomic E-state index is 12.7. The molecular weight excluding hydrogens is 394 g/mol. The molecule has 0 aliphatic heterocycles. The van der Waals surface area contributed by atoms with Crippen molar-refractivity contribution in [2.45, 2.75) is 52.7 Å². The molecule has 2 rings (SSSR count). The summed E-state index contributed by atoms with van der Waals surface area (Å²) in [5.74, 6) is -1.40. The second-order valence-electron chi connectivity index (χ2n) is 8.82. The number of ether oxygens (including phenoxy) is 2. The van der Waals surface area contributed by atoms with E-state index in [-0.39, 0.29) is 23.8 Å². The number of benzene rings is 2. The number of hydrogen-bond acceptors (Lipinski definition) is 5. The van der Waals surface area contributed by atoms with Gasteiger partial charge in [0.1, 0.15) is 12.6 Å². The Kier molecular flexibility index (Phi) is 7.97. The van der Waals surface area contributed by atoms with E-state index in [9.17, 15) is 14.4 Å². The molecule has 2 aromatic rings. The minimum Gasteiger partial charge on any atom is -0.465 e. The van der Waals surface area contributed by atoms with Gasteiger partial charge in [0.05, 0.1) is 12.7 Å². The van der Waals surface area contributed by atoms with Crippen molar-refractivity contribution in [3.05, 3.63) is 70.8 Å². The molecule has 0 saturated carbocycles. The van der Waals surface area contributed by atoms with E-state index in [4.69, 9.17) is 4.74 Å². The molecule has 1 atom stereocenters. The number of amides is 1. The van der Waals surface area contributed by atoms with Crippen molar-refractivity contribution in [3.63, 3.8) is 0 Å². The van der Waals surface area contributed by atoms with Crippen LogP contribution in [0.25, 0.3) is 0 Å². The molecule has 2 aromatic carbocycles. The summed E-state index contributed by atoms with van der Waals surface area (Å²) in [5.41, 5.74) is 2.76. The molecule has 0 radical (unpaired) electrons. The van der Waals surface area contributed by atoms with Crippen molar-refractivity contribution in [1.82, 2.24) is 5.32 Å². The van der Waals surface area contributed by atoms with Crippen LogP contribution in [0, 0.1) is 5.92 Å². The van der Waals surface area contributed by atoms with Gasteiger partial charge in [-0.15, -0.1) is 0 Å². The minimum absolute atomic E-state index is 0.00562. The van der Waals surface area contributed by atoms with E-state index in [0.29, 0.717) is 11.1 Å². The van der Waals surface area contributed by atoms with E-state index in [0.717, 1.165) is 11.1 Å². The molecule has 0 bridgehead atoms. The summed E-state index contributed by atoms with van der Waals surface area (Å²) < 4.78 is 10.1. The number of hydrogen-bond donors (Lipinski definition) is 1. The fourth-order valence-corrected chi connectivity index (χ4v) is 2.94. The molecule has 0 aromatic heterocycles. The molecule has 1 N–H and O–H groups in total. The van der Waals surface area contributed by atoms with Crippen LogP contribution in [0.5, 0.6) is 0 Å². The molecule has 0 spiro atoms. The van der Waals surface area contributed by atoms with Crippen molar-refractivity contribution >= 4 is 17.8 Å². The summed E-state index contributed by atoms with van der Waals surface area (Å²) in [6.45, 7) is 10.1. The van der Waals surface area contributed by atoms with Crippen LogP contribution < -0.4 is 5.32 Å². The number of nitrogens with one attached hydrogen (secondary N) is 1. The smallest absolute Gasteiger partial charge is 0.337 e. The second-order valence-corrected chi connectivity index (χ2v) is 8.82. The largest absolute Gasteiger partial charge is 0.465 e. The Bertz CT molecular complexity index is 908. The summed E-state index contributed by atoms with van der Waals surface area (Å²) in [6, 6.07) is 13.2. The van der Waals surface area contributed by atoms with Crippen LogP contribution in [0.4, 0.5) is 0 Å². The Morgan fingerprint density at radius 2 is 1.45 bits per heavy atom. The first-order valence-electron chi connectivity index (χ1n) is 10.3. The molecule has 6 heteroatoms. The van der Waals surface area contributed by atoms with Gasteiger partial charge in [-0.2, -0.15) is 0 Å². The Morgan fingerprint density at radius 1 is 0.903 bits per heavy atom. The zero-order valence-corrected chi connectivity index (χ0v) is 19.0. The van der Waals surface area contributed by atoms with Crippen LogP contribution in [-0.2, 0) is 26.3 Å². The summed E-state index contributed by atoms with van der Waals surface area (Å²) in [7, 11) is 1.32. The minimum atomic E-state index is -0.774. The van der Waals surface area contributed by atoms with E-state index >= 15 is 0 Å². The predicted molar refractivity (Wildman–Crippen MR) is 119 cm³/mol. The molecule has 166 valence electrons. The van der Waals surface area contributed by atoms with Gasteiger partial charge in [0, 0.05) is 5.56 Å². The first-order valence-corrected chi connectivity index (χ1v) is 10.3. The van der Waals surface area contributed by atoms with Gasteiger partial charge in [0.2, 0.25) is 0 Å². The topological polar surface area (TPSA) is 81.7 Å². The molecule has 0 fully saturated rings. The lowest BCUT2D eigenvalue weighted by atomic mass is 9.86. The fourth-order valence-electron chi connectivity index (χ4n) is 2.94. The van der Waals surface area contributed by atoms with Gasteiger partial charge >= 0.3 is 11.9 Å². The second kappa shape index (κ2) is 10.2. The highest BCUT2D eigenvalue weighted by Crippen LogP contribution is 2.22. The predicted octanol–water partition coefficient (Wildman–Crippen LogP) is 4.27. The Labute approximate surface area is 183 Å². The maximum Gasteiger partial charge on any atom is 0.337 e. The van der Waals surface area contributed by atoms with Crippen molar-refractivity contribution in [3.8, 4) is 0 Å². The highest BCUT2D eigenvalue weighted by Gasteiger charge is 2.26. The zero-order valence-electron chi connectivity index (χ0n) is 19.0. The van der Waals surface area contributed by atoms with Gasteiger partial charge in [0.15, 0.2) is 0 Å². The first-order chi connectivity index (χ1) is 14.5. The normalized spacial score (nSPS) is 12.2. The lowest BCUT2D eigenvalue weighted by Gasteiger charge is -2.22. The zero-order chi connectivity index (χ0) is 23.2. The number of carbonyl (C=O) groups excluding carboxylic acids is 3.